The molecule has 3 aromatic rings. The highest BCUT2D eigenvalue weighted by Gasteiger charge is 2.24. The summed E-state index contributed by atoms with van der Waals surface area (Å²) in [5.41, 5.74) is 0.939. The highest BCUT2D eigenvalue weighted by atomic mass is 19.2. The molecular formula is C31H38F3N5O5. The number of morpholine rings is 1. The smallest absolute Gasteiger partial charge is 0.410 e. The van der Waals surface area contributed by atoms with E-state index in [0.29, 0.717) is 54.3 Å². The molecule has 2 amide bonds. The Morgan fingerprint density at radius 1 is 1.05 bits per heavy atom. The number of halogens is 3. The van der Waals surface area contributed by atoms with Crippen LogP contribution >= 0.6 is 0 Å². The molecule has 0 radical (unpaired) electrons. The lowest BCUT2D eigenvalue weighted by molar-refractivity contribution is 0.0283. The lowest BCUT2D eigenvalue weighted by atomic mass is 10.0. The van der Waals surface area contributed by atoms with Crippen LogP contribution < -0.4 is 4.90 Å². The van der Waals surface area contributed by atoms with Gasteiger partial charge in [0, 0.05) is 57.0 Å². The van der Waals surface area contributed by atoms with Gasteiger partial charge in [-0.1, -0.05) is 6.07 Å². The van der Waals surface area contributed by atoms with Gasteiger partial charge in [0.15, 0.2) is 17.5 Å². The summed E-state index contributed by atoms with van der Waals surface area (Å²) in [6.07, 6.45) is 0.393. The molecule has 2 heterocycles. The van der Waals surface area contributed by atoms with Crippen LogP contribution in [0.4, 0.5) is 23.8 Å². The minimum Gasteiger partial charge on any atom is -0.444 e. The van der Waals surface area contributed by atoms with Crippen molar-refractivity contribution in [3.05, 3.63) is 64.6 Å². The number of rotatable bonds is 9. The van der Waals surface area contributed by atoms with Crippen LogP contribution in [0.15, 0.2) is 30.5 Å². The fourth-order valence-electron chi connectivity index (χ4n) is 4.55. The number of carbonyl (C=O) groups is 2. The number of nitrogens with zero attached hydrogens (tertiary/aromatic N) is 5. The number of benzene rings is 2. The summed E-state index contributed by atoms with van der Waals surface area (Å²) in [6.45, 7) is 9.51. The van der Waals surface area contributed by atoms with Gasteiger partial charge in [0.05, 0.1) is 43.2 Å². The van der Waals surface area contributed by atoms with Crippen LogP contribution in [0.1, 0.15) is 55.3 Å². The van der Waals surface area contributed by atoms with E-state index in [-0.39, 0.29) is 31.2 Å². The zero-order chi connectivity index (χ0) is 32.2. The van der Waals surface area contributed by atoms with Crippen LogP contribution in [0.25, 0.3) is 11.0 Å². The van der Waals surface area contributed by atoms with E-state index in [0.717, 1.165) is 12.1 Å². The largest absolute Gasteiger partial charge is 0.444 e. The van der Waals surface area contributed by atoms with Gasteiger partial charge in [0.2, 0.25) is 0 Å². The van der Waals surface area contributed by atoms with Gasteiger partial charge >= 0.3 is 6.09 Å². The Bertz CT molecular complexity index is 1510. The van der Waals surface area contributed by atoms with E-state index >= 15 is 0 Å². The number of amides is 2. The molecule has 1 aliphatic heterocycles. The van der Waals surface area contributed by atoms with Gasteiger partial charge < -0.3 is 28.9 Å². The van der Waals surface area contributed by atoms with Crippen molar-refractivity contribution in [2.24, 2.45) is 0 Å². The first kappa shape index (κ1) is 32.9. The monoisotopic (exact) mass is 617 g/mol. The van der Waals surface area contributed by atoms with Gasteiger partial charge in [-0.3, -0.25) is 9.78 Å². The molecule has 1 saturated heterocycles. The van der Waals surface area contributed by atoms with E-state index in [2.05, 4.69) is 4.98 Å². The lowest BCUT2D eigenvalue weighted by Gasteiger charge is -2.28. The Labute approximate surface area is 254 Å². The molecule has 0 N–H and O–H groups in total. The van der Waals surface area contributed by atoms with Gasteiger partial charge in [-0.15, -0.1) is 0 Å². The molecule has 0 bridgehead atoms. The fourth-order valence-corrected chi connectivity index (χ4v) is 4.55. The molecule has 1 atom stereocenters. The Hall–Kier alpha value is -3.97. The molecule has 10 nitrogen and oxygen atoms in total. The highest BCUT2D eigenvalue weighted by molar-refractivity contribution is 5.98. The third-order valence-corrected chi connectivity index (χ3v) is 7.11. The highest BCUT2D eigenvalue weighted by Crippen LogP contribution is 2.30. The number of ether oxygens (including phenoxy) is 3. The summed E-state index contributed by atoms with van der Waals surface area (Å²) in [5.74, 6) is -3.88. The summed E-state index contributed by atoms with van der Waals surface area (Å²) in [7, 11) is 3.21. The molecule has 1 fully saturated rings. The third-order valence-electron chi connectivity index (χ3n) is 7.11. The van der Waals surface area contributed by atoms with E-state index < -0.39 is 35.2 Å². The van der Waals surface area contributed by atoms with Gasteiger partial charge in [0.1, 0.15) is 11.4 Å². The van der Waals surface area contributed by atoms with Crippen molar-refractivity contribution in [3.63, 3.8) is 0 Å². The third kappa shape index (κ3) is 7.94. The molecule has 13 heteroatoms. The second kappa shape index (κ2) is 13.8. The molecule has 1 unspecified atom stereocenters. The summed E-state index contributed by atoms with van der Waals surface area (Å²) < 4.78 is 58.3. The first-order valence-corrected chi connectivity index (χ1v) is 14.3. The van der Waals surface area contributed by atoms with Crippen LogP contribution in [0.5, 0.6) is 0 Å². The number of carbonyl (C=O) groups excluding carboxylic acids is 2. The fraction of sp³-hybridized carbons (Fsp3) is 0.484. The SMILES string of the molecule is CC(OCc1ccc(F)c(F)c1F)c1cc(C(=O)N(C)CCN(C)C(=O)OC(C)(C)C)cc2ncc(N3CCOCC3)nc12. The number of hydrogen-bond acceptors (Lipinski definition) is 8. The summed E-state index contributed by atoms with van der Waals surface area (Å²) in [4.78, 5) is 40.2. The molecule has 1 aromatic heterocycles. The van der Waals surface area contributed by atoms with Gasteiger partial charge in [0.25, 0.3) is 5.91 Å². The normalized spacial score (nSPS) is 14.4. The molecule has 44 heavy (non-hydrogen) atoms. The maximum atomic E-state index is 14.3. The summed E-state index contributed by atoms with van der Waals surface area (Å²) in [6, 6.07) is 5.24. The quantitative estimate of drug-likeness (QED) is 0.306. The topological polar surface area (TPSA) is 97.3 Å². The molecule has 2 aromatic carbocycles. The number of hydrogen-bond donors (Lipinski definition) is 0. The standard InChI is InChI=1S/C31H38F3N5O5/c1-19(43-18-20-7-8-23(32)27(34)26(20)33)22-15-21(29(40)37(5)9-10-38(6)30(41)44-31(2,3)4)16-24-28(22)36-25(17-35-24)39-11-13-42-14-12-39/h7-8,15-17,19H,9-14,18H2,1-6H3. The Morgan fingerprint density at radius 3 is 2.41 bits per heavy atom. The van der Waals surface area contributed by atoms with Crippen molar-refractivity contribution in [1.29, 1.82) is 0 Å². The predicted molar refractivity (Wildman–Crippen MR) is 158 cm³/mol. The van der Waals surface area contributed by atoms with E-state index in [1.807, 2.05) is 4.90 Å². The van der Waals surface area contributed by atoms with Crippen molar-refractivity contribution < 1.29 is 37.0 Å². The predicted octanol–water partition coefficient (Wildman–Crippen LogP) is 5.10. The average molecular weight is 618 g/mol. The number of aromatic nitrogens is 2. The van der Waals surface area contributed by atoms with E-state index in [1.54, 1.807) is 60.1 Å². The molecule has 0 aliphatic carbocycles. The molecule has 4 rings (SSSR count). The maximum Gasteiger partial charge on any atom is 0.410 e. The van der Waals surface area contributed by atoms with Crippen LogP contribution in [0.3, 0.4) is 0 Å². The van der Waals surface area contributed by atoms with Crippen molar-refractivity contribution in [1.82, 2.24) is 19.8 Å². The molecule has 238 valence electrons. The Kier molecular flexibility index (Phi) is 10.3. The van der Waals surface area contributed by atoms with Crippen molar-refractivity contribution in [2.45, 2.75) is 46.0 Å². The number of fused-ring (bicyclic) bond motifs is 1. The summed E-state index contributed by atoms with van der Waals surface area (Å²) >= 11 is 0. The van der Waals surface area contributed by atoms with Crippen LogP contribution in [0, 0.1) is 17.5 Å². The van der Waals surface area contributed by atoms with Gasteiger partial charge in [-0.25, -0.2) is 22.9 Å². The molecule has 1 aliphatic rings. The van der Waals surface area contributed by atoms with Crippen LogP contribution in [-0.2, 0) is 20.8 Å². The van der Waals surface area contributed by atoms with Crippen molar-refractivity contribution in [2.75, 3.05) is 58.4 Å². The van der Waals surface area contributed by atoms with E-state index in [9.17, 15) is 22.8 Å². The van der Waals surface area contributed by atoms with Crippen molar-refractivity contribution >= 4 is 28.9 Å². The maximum absolute atomic E-state index is 14.3. The lowest BCUT2D eigenvalue weighted by Crippen LogP contribution is -2.40. The van der Waals surface area contributed by atoms with E-state index in [4.69, 9.17) is 19.2 Å². The first-order valence-electron chi connectivity index (χ1n) is 14.3. The molecule has 0 saturated carbocycles. The molecule has 0 spiro atoms. The number of likely N-dealkylation sites (N-methyl/N-ethyl adjacent to an activating group) is 2. The van der Waals surface area contributed by atoms with Crippen LogP contribution in [0.2, 0.25) is 0 Å². The minimum atomic E-state index is -1.57. The van der Waals surface area contributed by atoms with Crippen LogP contribution in [-0.4, -0.2) is 90.9 Å². The zero-order valence-corrected chi connectivity index (χ0v) is 25.8. The average Bonchev–Trinajstić information content (AvgIpc) is 3.00. The Morgan fingerprint density at radius 2 is 1.73 bits per heavy atom. The number of anilines is 1. The first-order chi connectivity index (χ1) is 20.7. The van der Waals surface area contributed by atoms with Gasteiger partial charge in [-0.05, 0) is 45.9 Å². The van der Waals surface area contributed by atoms with Crippen molar-refractivity contribution in [3.8, 4) is 0 Å². The van der Waals surface area contributed by atoms with E-state index in [1.165, 1.54) is 9.80 Å². The van der Waals surface area contributed by atoms with Gasteiger partial charge in [-0.2, -0.15) is 0 Å². The second-order valence-electron chi connectivity index (χ2n) is 11.7. The second-order valence-corrected chi connectivity index (χ2v) is 11.7. The summed E-state index contributed by atoms with van der Waals surface area (Å²) in [5, 5.41) is 0. The zero-order valence-electron chi connectivity index (χ0n) is 25.8. The minimum absolute atomic E-state index is 0.152. The Balaban J connectivity index is 1.60. The molecular weight excluding hydrogens is 579 g/mol.